The van der Waals surface area contributed by atoms with E-state index < -0.39 is 149 Å². The van der Waals surface area contributed by atoms with Crippen LogP contribution in [-0.4, -0.2) is 151 Å². The fraction of sp³-hybridized carbons (Fsp3) is 0.391. The highest BCUT2D eigenvalue weighted by molar-refractivity contribution is 6.31. The molecule has 11 N–H and O–H groups in total. The van der Waals surface area contributed by atoms with Crippen molar-refractivity contribution in [3.8, 4) is 34.1 Å². The first-order chi connectivity index (χ1) is 31.4. The Morgan fingerprint density at radius 1 is 0.818 bits per heavy atom. The van der Waals surface area contributed by atoms with Crippen LogP contribution in [0.4, 0.5) is 0 Å². The van der Waals surface area contributed by atoms with Crippen molar-refractivity contribution >= 4 is 23.4 Å². The zero-order valence-electron chi connectivity index (χ0n) is 35.7. The zero-order valence-corrected chi connectivity index (χ0v) is 35.7. The minimum absolute atomic E-state index is 0.0127. The first-order valence-corrected chi connectivity index (χ1v) is 20.9. The summed E-state index contributed by atoms with van der Waals surface area (Å²) in [6, 6.07) is 10.8. The van der Waals surface area contributed by atoms with E-state index in [-0.39, 0.29) is 40.0 Å². The third-order valence-corrected chi connectivity index (χ3v) is 12.6. The zero-order chi connectivity index (χ0) is 47.6. The molecule has 0 radical (unpaired) electrons. The number of nitrogens with one attached hydrogen (secondary N) is 2. The van der Waals surface area contributed by atoms with Crippen LogP contribution in [0.5, 0.6) is 23.0 Å². The van der Waals surface area contributed by atoms with Gasteiger partial charge in [0, 0.05) is 34.7 Å². The number of ether oxygens (including phenoxy) is 5. The van der Waals surface area contributed by atoms with Crippen LogP contribution < -0.4 is 15.4 Å². The monoisotopic (exact) mass is 916 g/mol. The van der Waals surface area contributed by atoms with Gasteiger partial charge in [-0.2, -0.15) is 0 Å². The number of aromatic hydroxyl groups is 3. The van der Waals surface area contributed by atoms with Crippen LogP contribution in [0.25, 0.3) is 11.1 Å². The number of hydrogen-bond acceptors (Lipinski definition) is 18. The Labute approximate surface area is 375 Å². The Hall–Kier alpha value is -6.04. The maximum atomic E-state index is 14.2. The van der Waals surface area contributed by atoms with Gasteiger partial charge in [-0.15, -0.1) is 0 Å². The van der Waals surface area contributed by atoms with Gasteiger partial charge >= 0.3 is 5.97 Å². The van der Waals surface area contributed by atoms with Gasteiger partial charge in [0.05, 0.1) is 42.6 Å². The number of aryl methyl sites for hydroxylation is 1. The summed E-state index contributed by atoms with van der Waals surface area (Å²) in [7, 11) is 2.81. The van der Waals surface area contributed by atoms with Gasteiger partial charge in [-0.25, -0.2) is 4.79 Å². The van der Waals surface area contributed by atoms with Crippen LogP contribution in [0.15, 0.2) is 54.6 Å². The van der Waals surface area contributed by atoms with E-state index in [1.165, 1.54) is 33.2 Å². The number of aliphatic hydroxyl groups excluding tert-OH is 5. The molecule has 4 aliphatic rings. The summed E-state index contributed by atoms with van der Waals surface area (Å²) < 4.78 is 29.1. The fourth-order valence-corrected chi connectivity index (χ4v) is 9.25. The summed E-state index contributed by atoms with van der Waals surface area (Å²) in [4.78, 5) is 55.0. The molecule has 4 aromatic carbocycles. The second-order valence-electron chi connectivity index (χ2n) is 16.6. The molecule has 8 rings (SSSR count). The fourth-order valence-electron chi connectivity index (χ4n) is 9.25. The van der Waals surface area contributed by atoms with Crippen molar-refractivity contribution in [1.82, 2.24) is 10.6 Å². The van der Waals surface area contributed by atoms with Gasteiger partial charge in [0.1, 0.15) is 71.8 Å². The number of likely N-dealkylation sites (N-methyl/N-ethyl adjacent to an activating group) is 1. The van der Waals surface area contributed by atoms with Crippen molar-refractivity contribution in [2.24, 2.45) is 0 Å². The molecule has 1 amide bonds. The lowest BCUT2D eigenvalue weighted by Gasteiger charge is -2.47. The average Bonchev–Trinajstić information content (AvgIpc) is 3.28. The summed E-state index contributed by atoms with van der Waals surface area (Å²) >= 11 is 0. The van der Waals surface area contributed by atoms with Gasteiger partial charge in [-0.3, -0.25) is 14.4 Å². The number of carboxylic acid groups (broad SMARTS) is 1. The van der Waals surface area contributed by atoms with Crippen LogP contribution in [0.2, 0.25) is 0 Å². The first kappa shape index (κ1) is 46.5. The number of carboxylic acids is 1. The van der Waals surface area contributed by atoms with E-state index in [0.29, 0.717) is 5.56 Å². The molecule has 0 bridgehead atoms. The minimum atomic E-state index is -1.91. The number of phenolic OH excluding ortho intramolecular Hbond substituents is 3. The van der Waals surface area contributed by atoms with Crippen LogP contribution in [0.1, 0.15) is 83.6 Å². The standard InChI is InChI=1S/C46H48N2O18/c1-16-10-23-30(37(55)27(16)43(59)48-24(44(60)61)11-18-8-6-5-7-9-18)29-21(14-22-31(38(29)56)34(52)20-12-19(62-4)13-25(49)28(20)33(22)51)35(53)41(23)65-46-40(58)42(32(47-3)17(2)64-46)66-45-39(57)36(54)26(50)15-63-45/h5-10,12-14,17,24,26,32,35-36,39-42,45-47,49-50,53-58H,11,15H2,1-4H3,(H,48,59)(H,60,61)/t17-,24-,26-,32+,35?,36+,39-,40-,41?,42+,45+,46+/m1/s1. The van der Waals surface area contributed by atoms with Crippen LogP contribution in [0, 0.1) is 6.92 Å². The van der Waals surface area contributed by atoms with E-state index in [1.54, 1.807) is 37.3 Å². The molecule has 0 aromatic heterocycles. The van der Waals surface area contributed by atoms with Gasteiger partial charge in [-0.05, 0) is 55.3 Å². The van der Waals surface area contributed by atoms with Crippen LogP contribution in [-0.2, 0) is 30.2 Å². The van der Waals surface area contributed by atoms with Gasteiger partial charge in [-0.1, -0.05) is 36.4 Å². The molecule has 66 heavy (non-hydrogen) atoms. The van der Waals surface area contributed by atoms with Crippen molar-refractivity contribution in [1.29, 1.82) is 0 Å². The second kappa shape index (κ2) is 18.0. The molecular formula is C46H48N2O18. The van der Waals surface area contributed by atoms with Gasteiger partial charge < -0.3 is 80.3 Å². The molecule has 0 spiro atoms. The summed E-state index contributed by atoms with van der Waals surface area (Å²) in [6.07, 6.45) is -15.8. The quantitative estimate of drug-likeness (QED) is 0.0865. The molecule has 2 aliphatic heterocycles. The third kappa shape index (κ3) is 7.83. The Morgan fingerprint density at radius 3 is 2.15 bits per heavy atom. The number of aliphatic hydroxyl groups is 5. The van der Waals surface area contributed by atoms with Gasteiger partial charge in [0.2, 0.25) is 0 Å². The topological polar surface area (TPSA) is 321 Å². The SMILES string of the molecule is CN[C@@H]1[C@H](O[C@@H]2OC[C@@H](O)[C@H](O)[C@H]2O)[C@@H](O)[C@H](OC2c3cc(C)c(C(=O)N[C@H](Cc4ccccc4)C(=O)O)c(O)c3-c3c(cc4c(c3O)C(=O)c3cc(OC)cc(O)c3C4=O)C2O)O[C@@H]1C. The number of rotatable bonds is 11. The van der Waals surface area contributed by atoms with Crippen molar-refractivity contribution in [3.05, 3.63) is 105 Å². The van der Waals surface area contributed by atoms with Crippen LogP contribution >= 0.6 is 0 Å². The smallest absolute Gasteiger partial charge is 0.326 e. The Morgan fingerprint density at radius 2 is 1.48 bits per heavy atom. The molecule has 2 heterocycles. The molecule has 2 unspecified atom stereocenters. The van der Waals surface area contributed by atoms with Crippen molar-refractivity contribution in [2.45, 2.75) is 93.8 Å². The lowest BCUT2D eigenvalue weighted by molar-refractivity contribution is -0.339. The average molecular weight is 917 g/mol. The van der Waals surface area contributed by atoms with Gasteiger partial charge in [0.25, 0.3) is 5.91 Å². The normalized spacial score (nSPS) is 28.3. The largest absolute Gasteiger partial charge is 0.507 e. The van der Waals surface area contributed by atoms with Crippen molar-refractivity contribution < 1.29 is 88.8 Å². The summed E-state index contributed by atoms with van der Waals surface area (Å²) in [5.74, 6) is -6.66. The van der Waals surface area contributed by atoms with E-state index in [4.69, 9.17) is 23.7 Å². The lowest BCUT2D eigenvalue weighted by Crippen LogP contribution is -2.65. The Balaban J connectivity index is 1.25. The van der Waals surface area contributed by atoms with E-state index in [0.717, 1.165) is 12.1 Å². The molecule has 12 atom stereocenters. The Bertz CT molecular complexity index is 2600. The number of aliphatic carboxylic acids is 1. The number of benzene rings is 4. The lowest BCUT2D eigenvalue weighted by atomic mass is 9.74. The number of amides is 1. The minimum Gasteiger partial charge on any atom is -0.507 e. The van der Waals surface area contributed by atoms with Gasteiger partial charge in [0.15, 0.2) is 24.1 Å². The molecule has 20 heteroatoms. The number of carbonyl (C=O) groups is 4. The van der Waals surface area contributed by atoms with E-state index in [9.17, 15) is 65.1 Å². The van der Waals surface area contributed by atoms with Crippen molar-refractivity contribution in [2.75, 3.05) is 20.8 Å². The first-order valence-electron chi connectivity index (χ1n) is 20.9. The molecule has 20 nitrogen and oxygen atoms in total. The predicted octanol–water partition coefficient (Wildman–Crippen LogP) is 0.611. The molecule has 2 aliphatic carbocycles. The highest BCUT2D eigenvalue weighted by atomic mass is 16.7. The highest BCUT2D eigenvalue weighted by Gasteiger charge is 2.51. The molecule has 0 saturated carbocycles. The maximum absolute atomic E-state index is 14.2. The summed E-state index contributed by atoms with van der Waals surface area (Å²) in [5, 5.41) is 106. The molecule has 2 fully saturated rings. The molecule has 2 saturated heterocycles. The number of methoxy groups -OCH3 is 1. The second-order valence-corrected chi connectivity index (χ2v) is 16.6. The molecular weight excluding hydrogens is 869 g/mol. The van der Waals surface area contributed by atoms with Crippen LogP contribution in [0.3, 0.4) is 0 Å². The Kier molecular flexibility index (Phi) is 12.7. The number of phenols is 3. The highest BCUT2D eigenvalue weighted by Crippen LogP contribution is 2.57. The predicted molar refractivity (Wildman–Crippen MR) is 225 cm³/mol. The van der Waals surface area contributed by atoms with E-state index in [1.807, 2.05) is 0 Å². The summed E-state index contributed by atoms with van der Waals surface area (Å²) in [6.45, 7) is 2.59. The number of carbonyl (C=O) groups excluding carboxylic acids is 3. The molecule has 4 aromatic rings. The third-order valence-electron chi connectivity index (χ3n) is 12.6. The number of ketones is 2. The maximum Gasteiger partial charge on any atom is 0.326 e. The van der Waals surface area contributed by atoms with Crippen molar-refractivity contribution in [3.63, 3.8) is 0 Å². The van der Waals surface area contributed by atoms with E-state index >= 15 is 0 Å². The number of hydrogen-bond donors (Lipinski definition) is 11. The summed E-state index contributed by atoms with van der Waals surface area (Å²) in [5.41, 5.74) is -2.84. The number of fused-ring (bicyclic) bond motifs is 5. The molecule has 350 valence electrons. The van der Waals surface area contributed by atoms with E-state index in [2.05, 4.69) is 10.6 Å².